The van der Waals surface area contributed by atoms with Gasteiger partial charge in [-0.15, -0.1) is 0 Å². The number of piperidine rings is 1. The van der Waals surface area contributed by atoms with Crippen LogP contribution in [0.5, 0.6) is 6.01 Å². The van der Waals surface area contributed by atoms with Gasteiger partial charge in [-0.25, -0.2) is 9.97 Å². The Kier molecular flexibility index (Phi) is 4.68. The lowest BCUT2D eigenvalue weighted by Crippen LogP contribution is -2.41. The largest absolute Gasteiger partial charge is 0.460 e. The van der Waals surface area contributed by atoms with Gasteiger partial charge in [-0.3, -0.25) is 4.79 Å². The van der Waals surface area contributed by atoms with E-state index in [-0.39, 0.29) is 12.0 Å². The number of carbonyl (C=O) groups excluding carboxylic acids is 1. The van der Waals surface area contributed by atoms with Gasteiger partial charge >= 0.3 is 6.01 Å². The molecule has 0 bridgehead atoms. The van der Waals surface area contributed by atoms with Gasteiger partial charge in [0.1, 0.15) is 6.10 Å². The Morgan fingerprint density at radius 1 is 1.14 bits per heavy atom. The molecule has 5 nitrogen and oxygen atoms in total. The zero-order chi connectivity index (χ0) is 15.4. The average molecular weight is 362 g/mol. The molecule has 1 aromatic heterocycles. The minimum Gasteiger partial charge on any atom is -0.460 e. The van der Waals surface area contributed by atoms with Gasteiger partial charge in [0.2, 0.25) is 0 Å². The van der Waals surface area contributed by atoms with E-state index in [1.165, 1.54) is 0 Å². The van der Waals surface area contributed by atoms with Gasteiger partial charge in [0.25, 0.3) is 5.91 Å². The van der Waals surface area contributed by atoms with E-state index in [1.807, 2.05) is 35.2 Å². The second kappa shape index (κ2) is 6.87. The summed E-state index contributed by atoms with van der Waals surface area (Å²) in [6, 6.07) is 9.76. The Hall–Kier alpha value is -1.95. The SMILES string of the molecule is O=C(c1ccccc1)N1CCC(Oc2ncc(Br)cn2)CC1. The summed E-state index contributed by atoms with van der Waals surface area (Å²) in [7, 11) is 0. The molecule has 2 aromatic rings. The molecule has 0 aliphatic carbocycles. The molecule has 0 atom stereocenters. The number of amides is 1. The van der Waals surface area contributed by atoms with Crippen LogP contribution in [0.4, 0.5) is 0 Å². The number of aromatic nitrogens is 2. The molecule has 1 fully saturated rings. The summed E-state index contributed by atoms with van der Waals surface area (Å²) in [5.41, 5.74) is 0.734. The highest BCUT2D eigenvalue weighted by Gasteiger charge is 2.25. The second-order valence-corrected chi connectivity index (χ2v) is 6.07. The molecule has 0 spiro atoms. The molecule has 0 N–H and O–H groups in total. The van der Waals surface area contributed by atoms with Gasteiger partial charge in [-0.2, -0.15) is 0 Å². The standard InChI is InChI=1S/C16H16BrN3O2/c17-13-10-18-16(19-11-13)22-14-6-8-20(9-7-14)15(21)12-4-2-1-3-5-12/h1-5,10-11,14H,6-9H2. The predicted octanol–water partition coefficient (Wildman–Crippen LogP) is 2.92. The zero-order valence-corrected chi connectivity index (χ0v) is 13.6. The Balaban J connectivity index is 1.54. The average Bonchev–Trinajstić information content (AvgIpc) is 2.58. The van der Waals surface area contributed by atoms with Crippen molar-refractivity contribution in [3.63, 3.8) is 0 Å². The first-order valence-corrected chi connectivity index (χ1v) is 8.00. The normalized spacial score (nSPS) is 15.6. The molecule has 6 heteroatoms. The van der Waals surface area contributed by atoms with E-state index in [4.69, 9.17) is 4.74 Å². The maximum atomic E-state index is 12.4. The highest BCUT2D eigenvalue weighted by Crippen LogP contribution is 2.18. The van der Waals surface area contributed by atoms with Crippen molar-refractivity contribution in [2.24, 2.45) is 0 Å². The first-order valence-electron chi connectivity index (χ1n) is 7.21. The van der Waals surface area contributed by atoms with Crippen molar-refractivity contribution in [2.75, 3.05) is 13.1 Å². The fraction of sp³-hybridized carbons (Fsp3) is 0.312. The predicted molar refractivity (Wildman–Crippen MR) is 85.7 cm³/mol. The van der Waals surface area contributed by atoms with Crippen LogP contribution in [0.2, 0.25) is 0 Å². The highest BCUT2D eigenvalue weighted by atomic mass is 79.9. The van der Waals surface area contributed by atoms with E-state index in [0.29, 0.717) is 19.1 Å². The van der Waals surface area contributed by atoms with Crippen LogP contribution < -0.4 is 4.74 Å². The van der Waals surface area contributed by atoms with Crippen LogP contribution in [0, 0.1) is 0 Å². The Morgan fingerprint density at radius 3 is 2.41 bits per heavy atom. The fourth-order valence-corrected chi connectivity index (χ4v) is 2.66. The molecule has 1 aliphatic rings. The van der Waals surface area contributed by atoms with Gasteiger partial charge in [0.05, 0.1) is 4.47 Å². The number of nitrogens with zero attached hydrogens (tertiary/aromatic N) is 3. The van der Waals surface area contributed by atoms with Crippen molar-refractivity contribution in [3.05, 3.63) is 52.8 Å². The maximum Gasteiger partial charge on any atom is 0.316 e. The molecule has 0 radical (unpaired) electrons. The third kappa shape index (κ3) is 3.62. The molecular formula is C16H16BrN3O2. The monoisotopic (exact) mass is 361 g/mol. The number of benzene rings is 1. The number of carbonyl (C=O) groups is 1. The smallest absolute Gasteiger partial charge is 0.316 e. The zero-order valence-electron chi connectivity index (χ0n) is 12.0. The van der Waals surface area contributed by atoms with E-state index in [9.17, 15) is 4.79 Å². The first kappa shape index (κ1) is 15.0. The molecule has 3 rings (SSSR count). The van der Waals surface area contributed by atoms with Crippen molar-refractivity contribution >= 4 is 21.8 Å². The summed E-state index contributed by atoms with van der Waals surface area (Å²) in [6.07, 6.45) is 4.96. The van der Waals surface area contributed by atoms with Crippen molar-refractivity contribution < 1.29 is 9.53 Å². The van der Waals surface area contributed by atoms with Crippen molar-refractivity contribution in [2.45, 2.75) is 18.9 Å². The molecule has 114 valence electrons. The van der Waals surface area contributed by atoms with Crippen LogP contribution in [0.3, 0.4) is 0 Å². The first-order chi connectivity index (χ1) is 10.7. The van der Waals surface area contributed by atoms with Gasteiger partial charge in [0.15, 0.2) is 0 Å². The summed E-state index contributed by atoms with van der Waals surface area (Å²) < 4.78 is 6.59. The summed E-state index contributed by atoms with van der Waals surface area (Å²) in [6.45, 7) is 1.38. The summed E-state index contributed by atoms with van der Waals surface area (Å²) >= 11 is 3.29. The molecular weight excluding hydrogens is 346 g/mol. The summed E-state index contributed by atoms with van der Waals surface area (Å²) in [4.78, 5) is 22.5. The molecule has 1 aromatic carbocycles. The summed E-state index contributed by atoms with van der Waals surface area (Å²) in [5.74, 6) is 0.0824. The minimum absolute atomic E-state index is 0.0565. The van der Waals surface area contributed by atoms with Crippen LogP contribution in [-0.2, 0) is 0 Å². The van der Waals surface area contributed by atoms with Crippen LogP contribution in [0.1, 0.15) is 23.2 Å². The lowest BCUT2D eigenvalue weighted by atomic mass is 10.1. The second-order valence-electron chi connectivity index (χ2n) is 5.16. The number of halogens is 1. The third-order valence-electron chi connectivity index (χ3n) is 3.62. The topological polar surface area (TPSA) is 55.3 Å². The van der Waals surface area contributed by atoms with Crippen molar-refractivity contribution in [1.29, 1.82) is 0 Å². The van der Waals surface area contributed by atoms with Crippen LogP contribution in [-0.4, -0.2) is 40.0 Å². The third-order valence-corrected chi connectivity index (χ3v) is 4.03. The van der Waals surface area contributed by atoms with Crippen LogP contribution in [0.15, 0.2) is 47.2 Å². The Morgan fingerprint density at radius 2 is 1.77 bits per heavy atom. The molecule has 2 heterocycles. The molecule has 1 saturated heterocycles. The lowest BCUT2D eigenvalue weighted by molar-refractivity contribution is 0.0578. The van der Waals surface area contributed by atoms with E-state index < -0.39 is 0 Å². The van der Waals surface area contributed by atoms with Crippen LogP contribution in [0.25, 0.3) is 0 Å². The number of hydrogen-bond donors (Lipinski definition) is 0. The minimum atomic E-state index is 0.0565. The number of hydrogen-bond acceptors (Lipinski definition) is 4. The van der Waals surface area contributed by atoms with Crippen LogP contribution >= 0.6 is 15.9 Å². The van der Waals surface area contributed by atoms with Crippen molar-refractivity contribution in [1.82, 2.24) is 14.9 Å². The molecule has 22 heavy (non-hydrogen) atoms. The number of ether oxygens (including phenoxy) is 1. The van der Waals surface area contributed by atoms with Gasteiger partial charge < -0.3 is 9.64 Å². The van der Waals surface area contributed by atoms with Gasteiger partial charge in [0, 0.05) is 43.9 Å². The van der Waals surface area contributed by atoms with E-state index in [2.05, 4.69) is 25.9 Å². The molecule has 1 amide bonds. The lowest BCUT2D eigenvalue weighted by Gasteiger charge is -2.31. The van der Waals surface area contributed by atoms with E-state index in [1.54, 1.807) is 12.4 Å². The van der Waals surface area contributed by atoms with Crippen molar-refractivity contribution in [3.8, 4) is 6.01 Å². The summed E-state index contributed by atoms with van der Waals surface area (Å²) in [5, 5.41) is 0. The maximum absolute atomic E-state index is 12.4. The van der Waals surface area contributed by atoms with E-state index in [0.717, 1.165) is 22.9 Å². The quantitative estimate of drug-likeness (QED) is 0.843. The molecule has 0 saturated carbocycles. The fourth-order valence-electron chi connectivity index (χ4n) is 2.45. The Labute approximate surface area is 137 Å². The Bertz CT molecular complexity index is 626. The molecule has 1 aliphatic heterocycles. The number of rotatable bonds is 3. The highest BCUT2D eigenvalue weighted by molar-refractivity contribution is 9.10. The van der Waals surface area contributed by atoms with Gasteiger partial charge in [-0.05, 0) is 28.1 Å². The van der Waals surface area contributed by atoms with Gasteiger partial charge in [-0.1, -0.05) is 18.2 Å². The van der Waals surface area contributed by atoms with E-state index >= 15 is 0 Å². The number of likely N-dealkylation sites (tertiary alicyclic amines) is 1. The molecule has 0 unspecified atom stereocenters.